The Kier molecular flexibility index (Phi) is 6.40. The first-order valence-electron chi connectivity index (χ1n) is 8.92. The smallest absolute Gasteiger partial charge is 0.253 e. The van der Waals surface area contributed by atoms with Crippen molar-refractivity contribution in [2.75, 3.05) is 18.4 Å². The van der Waals surface area contributed by atoms with E-state index in [2.05, 4.69) is 33.7 Å². The molecule has 0 saturated carbocycles. The van der Waals surface area contributed by atoms with Gasteiger partial charge in [-0.05, 0) is 28.8 Å². The van der Waals surface area contributed by atoms with Crippen LogP contribution >= 0.6 is 0 Å². The molecule has 1 aromatic heterocycles. The zero-order valence-corrected chi connectivity index (χ0v) is 15.3. The zero-order valence-electron chi connectivity index (χ0n) is 15.3. The molecule has 0 aliphatic heterocycles. The Morgan fingerprint density at radius 3 is 2.39 bits per heavy atom. The van der Waals surface area contributed by atoms with Gasteiger partial charge in [0.1, 0.15) is 5.82 Å². The number of benzene rings is 2. The van der Waals surface area contributed by atoms with Gasteiger partial charge >= 0.3 is 0 Å². The first kappa shape index (κ1) is 19.2. The monoisotopic (exact) mass is 371 g/mol. The van der Waals surface area contributed by atoms with Gasteiger partial charge in [0.2, 0.25) is 0 Å². The largest absolute Gasteiger partial charge is 0.387 e. The molecule has 0 radical (unpaired) electrons. The van der Waals surface area contributed by atoms with Crippen LogP contribution in [0.15, 0.2) is 72.9 Å². The number of aliphatic hydroxyl groups excluding tert-OH is 1. The van der Waals surface area contributed by atoms with Crippen LogP contribution in [0.4, 0.5) is 5.82 Å². The van der Waals surface area contributed by atoms with Crippen LogP contribution in [0, 0.1) is 12.3 Å². The normalized spacial score (nSPS) is 11.3. The van der Waals surface area contributed by atoms with E-state index in [1.807, 2.05) is 42.5 Å². The highest BCUT2D eigenvalue weighted by Crippen LogP contribution is 2.22. The number of carbonyl (C=O) groups excluding carboxylic acids is 1. The molecular formula is C23H21N3O2. The number of nitrogens with one attached hydrogen (secondary N) is 2. The van der Waals surface area contributed by atoms with Crippen molar-refractivity contribution in [3.05, 3.63) is 84.1 Å². The summed E-state index contributed by atoms with van der Waals surface area (Å²) in [5.41, 5.74) is 3.48. The maximum absolute atomic E-state index is 11.8. The first-order valence-corrected chi connectivity index (χ1v) is 8.92. The molecule has 0 spiro atoms. The number of terminal acetylenes is 1. The zero-order chi connectivity index (χ0) is 19.8. The molecule has 5 heteroatoms. The van der Waals surface area contributed by atoms with Gasteiger partial charge in [0, 0.05) is 12.7 Å². The lowest BCUT2D eigenvalue weighted by Crippen LogP contribution is -2.23. The number of aliphatic hydroxyl groups is 1. The minimum absolute atomic E-state index is 0.175. The third-order valence-electron chi connectivity index (χ3n) is 4.26. The fraction of sp³-hybridized carbons (Fsp3) is 0.130. The number of hydrogen-bond acceptors (Lipinski definition) is 4. The number of carbonyl (C=O) groups is 1. The summed E-state index contributed by atoms with van der Waals surface area (Å²) in [5, 5.41) is 16.1. The number of aromatic nitrogens is 1. The van der Waals surface area contributed by atoms with E-state index in [1.54, 1.807) is 12.1 Å². The molecule has 2 aromatic carbocycles. The molecule has 0 aliphatic rings. The van der Waals surface area contributed by atoms with Gasteiger partial charge in [0.25, 0.3) is 5.91 Å². The summed E-state index contributed by atoms with van der Waals surface area (Å²) in [7, 11) is 0. The number of rotatable bonds is 7. The highest BCUT2D eigenvalue weighted by Gasteiger charge is 2.09. The van der Waals surface area contributed by atoms with Crippen LogP contribution in [-0.2, 0) is 0 Å². The van der Waals surface area contributed by atoms with Crippen molar-refractivity contribution in [2.45, 2.75) is 6.10 Å². The SMILES string of the molecule is C#CCNC(=O)c1ccc(NCC(O)c2ccc(-c3ccccc3)cc2)nc1. The summed E-state index contributed by atoms with van der Waals surface area (Å²) in [4.78, 5) is 16.0. The van der Waals surface area contributed by atoms with Crippen molar-refractivity contribution in [1.29, 1.82) is 0 Å². The fourth-order valence-corrected chi connectivity index (χ4v) is 2.71. The standard InChI is InChI=1S/C23H21N3O2/c1-2-14-24-23(28)20-12-13-22(25-15-20)26-16-21(27)19-10-8-18(9-11-19)17-6-4-3-5-7-17/h1,3-13,15,21,27H,14,16H2,(H,24,28)(H,25,26). The fourth-order valence-electron chi connectivity index (χ4n) is 2.71. The molecule has 140 valence electrons. The van der Waals surface area contributed by atoms with Gasteiger partial charge in [-0.25, -0.2) is 4.98 Å². The van der Waals surface area contributed by atoms with Crippen molar-refractivity contribution in [1.82, 2.24) is 10.3 Å². The predicted octanol–water partition coefficient (Wildman–Crippen LogP) is 3.26. The average Bonchev–Trinajstić information content (AvgIpc) is 2.77. The number of nitrogens with zero attached hydrogens (tertiary/aromatic N) is 1. The van der Waals surface area contributed by atoms with E-state index in [9.17, 15) is 9.90 Å². The Balaban J connectivity index is 1.56. The Labute approximate surface area is 164 Å². The van der Waals surface area contributed by atoms with Crippen molar-refractivity contribution in [2.24, 2.45) is 0 Å². The number of anilines is 1. The molecule has 5 nitrogen and oxygen atoms in total. The van der Waals surface area contributed by atoms with Crippen molar-refractivity contribution >= 4 is 11.7 Å². The van der Waals surface area contributed by atoms with E-state index in [0.717, 1.165) is 16.7 Å². The highest BCUT2D eigenvalue weighted by molar-refractivity contribution is 5.94. The molecule has 28 heavy (non-hydrogen) atoms. The number of amides is 1. The van der Waals surface area contributed by atoms with Crippen LogP contribution in [0.3, 0.4) is 0 Å². The lowest BCUT2D eigenvalue weighted by molar-refractivity contribution is 0.0958. The summed E-state index contributed by atoms with van der Waals surface area (Å²) in [6.07, 6.45) is 5.91. The van der Waals surface area contributed by atoms with Crippen LogP contribution in [0.5, 0.6) is 0 Å². The molecular weight excluding hydrogens is 350 g/mol. The third kappa shape index (κ3) is 4.97. The highest BCUT2D eigenvalue weighted by atomic mass is 16.3. The van der Waals surface area contributed by atoms with E-state index >= 15 is 0 Å². The number of pyridine rings is 1. The van der Waals surface area contributed by atoms with E-state index in [4.69, 9.17) is 6.42 Å². The first-order chi connectivity index (χ1) is 13.7. The molecule has 0 fully saturated rings. The third-order valence-corrected chi connectivity index (χ3v) is 4.26. The van der Waals surface area contributed by atoms with E-state index in [-0.39, 0.29) is 12.5 Å². The number of hydrogen-bond donors (Lipinski definition) is 3. The van der Waals surface area contributed by atoms with Gasteiger partial charge in [-0.15, -0.1) is 6.42 Å². The van der Waals surface area contributed by atoms with Crippen LogP contribution < -0.4 is 10.6 Å². The van der Waals surface area contributed by atoms with Gasteiger partial charge in [-0.2, -0.15) is 0 Å². The lowest BCUT2D eigenvalue weighted by atomic mass is 10.0. The Hall–Kier alpha value is -3.62. The summed E-state index contributed by atoms with van der Waals surface area (Å²) >= 11 is 0. The minimum Gasteiger partial charge on any atom is -0.387 e. The molecule has 0 saturated heterocycles. The molecule has 3 aromatic rings. The topological polar surface area (TPSA) is 74.2 Å². The van der Waals surface area contributed by atoms with Gasteiger partial charge in [-0.1, -0.05) is 60.5 Å². The van der Waals surface area contributed by atoms with Gasteiger partial charge in [0.05, 0.1) is 18.2 Å². The molecule has 0 aliphatic carbocycles. The van der Waals surface area contributed by atoms with Crippen LogP contribution in [0.1, 0.15) is 22.0 Å². The van der Waals surface area contributed by atoms with Gasteiger partial charge < -0.3 is 15.7 Å². The Morgan fingerprint density at radius 1 is 1.04 bits per heavy atom. The average molecular weight is 371 g/mol. The van der Waals surface area contributed by atoms with Crippen LogP contribution in [0.25, 0.3) is 11.1 Å². The molecule has 3 rings (SSSR count). The Morgan fingerprint density at radius 2 is 1.75 bits per heavy atom. The summed E-state index contributed by atoms with van der Waals surface area (Å²) in [5.74, 6) is 2.66. The van der Waals surface area contributed by atoms with Crippen LogP contribution in [-0.4, -0.2) is 29.1 Å². The maximum Gasteiger partial charge on any atom is 0.253 e. The molecule has 3 N–H and O–H groups in total. The minimum atomic E-state index is -0.676. The molecule has 1 amide bonds. The lowest BCUT2D eigenvalue weighted by Gasteiger charge is -2.13. The molecule has 1 heterocycles. The second-order valence-corrected chi connectivity index (χ2v) is 6.20. The Bertz CT molecular complexity index is 946. The van der Waals surface area contributed by atoms with Crippen molar-refractivity contribution in [3.8, 4) is 23.5 Å². The summed E-state index contributed by atoms with van der Waals surface area (Å²) in [6.45, 7) is 0.481. The predicted molar refractivity (Wildman–Crippen MR) is 111 cm³/mol. The van der Waals surface area contributed by atoms with Gasteiger partial charge in [0.15, 0.2) is 0 Å². The second-order valence-electron chi connectivity index (χ2n) is 6.20. The van der Waals surface area contributed by atoms with E-state index in [0.29, 0.717) is 17.9 Å². The summed E-state index contributed by atoms with van der Waals surface area (Å²) in [6, 6.07) is 21.3. The van der Waals surface area contributed by atoms with Crippen molar-refractivity contribution < 1.29 is 9.90 Å². The van der Waals surface area contributed by atoms with E-state index in [1.165, 1.54) is 6.20 Å². The quantitative estimate of drug-likeness (QED) is 0.558. The molecule has 1 atom stereocenters. The van der Waals surface area contributed by atoms with E-state index < -0.39 is 6.10 Å². The molecule has 1 unspecified atom stereocenters. The maximum atomic E-state index is 11.8. The summed E-state index contributed by atoms with van der Waals surface area (Å²) < 4.78 is 0. The van der Waals surface area contributed by atoms with Crippen LogP contribution in [0.2, 0.25) is 0 Å². The molecule has 0 bridgehead atoms. The van der Waals surface area contributed by atoms with Crippen molar-refractivity contribution in [3.63, 3.8) is 0 Å². The second kappa shape index (κ2) is 9.36. The van der Waals surface area contributed by atoms with Gasteiger partial charge in [-0.3, -0.25) is 4.79 Å².